The summed E-state index contributed by atoms with van der Waals surface area (Å²) in [5, 5.41) is 8.66. The van der Waals surface area contributed by atoms with E-state index >= 15 is 0 Å². The zero-order valence-electron chi connectivity index (χ0n) is 35.2. The molecule has 0 aromatic rings. The highest BCUT2D eigenvalue weighted by atomic mass is 16.5. The van der Waals surface area contributed by atoms with Gasteiger partial charge in [0.15, 0.2) is 0 Å². The molecule has 0 rings (SSSR count). The van der Waals surface area contributed by atoms with Crippen LogP contribution in [0.5, 0.6) is 0 Å². The number of esters is 1. The van der Waals surface area contributed by atoms with Gasteiger partial charge in [0, 0.05) is 12.8 Å². The second kappa shape index (κ2) is 45.8. The molecule has 0 saturated heterocycles. The van der Waals surface area contributed by atoms with Crippen LogP contribution < -0.4 is 0 Å². The van der Waals surface area contributed by atoms with Gasteiger partial charge in [-0.15, -0.1) is 0 Å². The van der Waals surface area contributed by atoms with Crippen molar-refractivity contribution in [2.45, 2.75) is 277 Å². The maximum Gasteiger partial charge on any atom is 0.305 e. The Morgan fingerprint density at radius 2 is 0.635 bits per heavy atom. The summed E-state index contributed by atoms with van der Waals surface area (Å²) in [5.41, 5.74) is 0. The first-order valence-electron chi connectivity index (χ1n) is 23.7. The van der Waals surface area contributed by atoms with Crippen molar-refractivity contribution < 1.29 is 19.4 Å². The summed E-state index contributed by atoms with van der Waals surface area (Å²) in [6.07, 6.45) is 58.5. The zero-order chi connectivity index (χ0) is 37.7. The first-order chi connectivity index (χ1) is 25.7. The topological polar surface area (TPSA) is 63.6 Å². The Balaban J connectivity index is 3.16. The van der Waals surface area contributed by atoms with E-state index in [1.54, 1.807) is 0 Å². The van der Waals surface area contributed by atoms with Crippen LogP contribution in [-0.4, -0.2) is 23.7 Å². The normalized spacial score (nSPS) is 11.6. The Labute approximate surface area is 325 Å². The van der Waals surface area contributed by atoms with Crippen LogP contribution in [0.2, 0.25) is 0 Å². The third-order valence-electron chi connectivity index (χ3n) is 10.9. The van der Waals surface area contributed by atoms with Crippen molar-refractivity contribution in [1.82, 2.24) is 0 Å². The molecule has 0 spiro atoms. The summed E-state index contributed by atoms with van der Waals surface area (Å²) < 4.78 is 5.47. The van der Waals surface area contributed by atoms with Crippen LogP contribution in [0, 0.1) is 0 Å². The van der Waals surface area contributed by atoms with E-state index in [-0.39, 0.29) is 5.97 Å². The van der Waals surface area contributed by atoms with Gasteiger partial charge in [0.1, 0.15) is 0 Å². The minimum atomic E-state index is -0.654. The maximum atomic E-state index is 12.0. The fourth-order valence-corrected chi connectivity index (χ4v) is 7.40. The van der Waals surface area contributed by atoms with Gasteiger partial charge >= 0.3 is 11.9 Å². The number of carbonyl (C=O) groups excluding carboxylic acids is 1. The van der Waals surface area contributed by atoms with Gasteiger partial charge < -0.3 is 9.84 Å². The lowest BCUT2D eigenvalue weighted by Crippen LogP contribution is -2.05. The number of ether oxygens (including phenoxy) is 1. The second-order valence-corrected chi connectivity index (χ2v) is 16.2. The number of carboxylic acid groups (broad SMARTS) is 1. The molecule has 0 aliphatic carbocycles. The van der Waals surface area contributed by atoms with E-state index in [2.05, 4.69) is 19.1 Å². The van der Waals surface area contributed by atoms with Gasteiger partial charge in [0.25, 0.3) is 0 Å². The minimum Gasteiger partial charge on any atom is -0.481 e. The lowest BCUT2D eigenvalue weighted by molar-refractivity contribution is -0.144. The van der Waals surface area contributed by atoms with Crippen LogP contribution >= 0.6 is 0 Å². The van der Waals surface area contributed by atoms with Crippen LogP contribution in [0.15, 0.2) is 12.2 Å². The summed E-state index contributed by atoms with van der Waals surface area (Å²) in [4.78, 5) is 22.5. The summed E-state index contributed by atoms with van der Waals surface area (Å²) in [5.74, 6) is -0.641. The summed E-state index contributed by atoms with van der Waals surface area (Å²) in [6, 6.07) is 0. The molecule has 0 atom stereocenters. The highest BCUT2D eigenvalue weighted by molar-refractivity contribution is 5.69. The van der Waals surface area contributed by atoms with Gasteiger partial charge in [-0.3, -0.25) is 9.59 Å². The third-order valence-corrected chi connectivity index (χ3v) is 10.9. The second-order valence-electron chi connectivity index (χ2n) is 16.2. The predicted octanol–water partition coefficient (Wildman–Crippen LogP) is 16.6. The molecule has 0 radical (unpaired) electrons. The standard InChI is InChI=1S/C48H92O4/c1-2-3-4-5-6-7-8-9-23-27-30-33-36-39-42-45-48(51)52-46-43-40-37-34-31-28-25-22-20-18-16-14-12-10-11-13-15-17-19-21-24-26-29-32-35-38-41-44-47(49)50/h9,23H,2-8,10-22,24-46H2,1H3,(H,49,50)/b23-9-. The third kappa shape index (κ3) is 46.7. The number of rotatable bonds is 45. The molecule has 0 aromatic heterocycles. The van der Waals surface area contributed by atoms with E-state index < -0.39 is 5.97 Å². The SMILES string of the molecule is CCCCCCCC/C=C\CCCCCCCC(=O)OCCCCCCCCCCCCCCCCCCCCCCCCCCCCCC(=O)O. The maximum absolute atomic E-state index is 12.0. The average Bonchev–Trinajstić information content (AvgIpc) is 3.13. The van der Waals surface area contributed by atoms with Gasteiger partial charge in [0.2, 0.25) is 0 Å². The van der Waals surface area contributed by atoms with E-state index in [1.165, 1.54) is 225 Å². The van der Waals surface area contributed by atoms with Crippen LogP contribution in [0.4, 0.5) is 0 Å². The van der Waals surface area contributed by atoms with Gasteiger partial charge in [-0.05, 0) is 44.9 Å². The summed E-state index contributed by atoms with van der Waals surface area (Å²) >= 11 is 0. The van der Waals surface area contributed by atoms with Crippen LogP contribution in [0.3, 0.4) is 0 Å². The molecular formula is C48H92O4. The zero-order valence-corrected chi connectivity index (χ0v) is 35.2. The largest absolute Gasteiger partial charge is 0.481 e. The predicted molar refractivity (Wildman–Crippen MR) is 227 cm³/mol. The fraction of sp³-hybridized carbons (Fsp3) is 0.917. The minimum absolute atomic E-state index is 0.0124. The molecule has 52 heavy (non-hydrogen) atoms. The molecule has 0 bridgehead atoms. The fourth-order valence-electron chi connectivity index (χ4n) is 7.40. The molecular weight excluding hydrogens is 641 g/mol. The number of carbonyl (C=O) groups is 2. The summed E-state index contributed by atoms with van der Waals surface area (Å²) in [6.45, 7) is 2.90. The Bertz CT molecular complexity index is 732. The number of hydrogen-bond donors (Lipinski definition) is 1. The molecule has 0 heterocycles. The van der Waals surface area contributed by atoms with Crippen molar-refractivity contribution in [2.75, 3.05) is 6.61 Å². The Hall–Kier alpha value is -1.32. The van der Waals surface area contributed by atoms with E-state index in [0.717, 1.165) is 32.1 Å². The molecule has 0 saturated carbocycles. The quantitative estimate of drug-likeness (QED) is 0.0385. The lowest BCUT2D eigenvalue weighted by Gasteiger charge is -2.06. The van der Waals surface area contributed by atoms with E-state index in [4.69, 9.17) is 9.84 Å². The molecule has 308 valence electrons. The first kappa shape index (κ1) is 50.7. The van der Waals surface area contributed by atoms with Crippen molar-refractivity contribution in [2.24, 2.45) is 0 Å². The van der Waals surface area contributed by atoms with Crippen LogP contribution in [0.25, 0.3) is 0 Å². The highest BCUT2D eigenvalue weighted by Gasteiger charge is 2.03. The van der Waals surface area contributed by atoms with Crippen molar-refractivity contribution in [1.29, 1.82) is 0 Å². The molecule has 1 N–H and O–H groups in total. The highest BCUT2D eigenvalue weighted by Crippen LogP contribution is 2.17. The monoisotopic (exact) mass is 733 g/mol. The number of hydrogen-bond acceptors (Lipinski definition) is 3. The van der Waals surface area contributed by atoms with Crippen molar-refractivity contribution in [3.63, 3.8) is 0 Å². The molecule has 4 heteroatoms. The van der Waals surface area contributed by atoms with Gasteiger partial charge in [-0.25, -0.2) is 0 Å². The van der Waals surface area contributed by atoms with E-state index in [9.17, 15) is 9.59 Å². The van der Waals surface area contributed by atoms with E-state index in [0.29, 0.717) is 19.4 Å². The lowest BCUT2D eigenvalue weighted by atomic mass is 10.0. The van der Waals surface area contributed by atoms with Gasteiger partial charge in [-0.1, -0.05) is 231 Å². The number of carboxylic acids is 1. The Morgan fingerprint density at radius 3 is 0.962 bits per heavy atom. The van der Waals surface area contributed by atoms with Gasteiger partial charge in [0.05, 0.1) is 6.61 Å². The molecule has 0 unspecified atom stereocenters. The molecule has 4 nitrogen and oxygen atoms in total. The first-order valence-corrected chi connectivity index (χ1v) is 23.7. The van der Waals surface area contributed by atoms with Crippen LogP contribution in [-0.2, 0) is 14.3 Å². The molecule has 0 fully saturated rings. The molecule has 0 aliphatic heterocycles. The summed E-state index contributed by atoms with van der Waals surface area (Å²) in [7, 11) is 0. The van der Waals surface area contributed by atoms with Gasteiger partial charge in [-0.2, -0.15) is 0 Å². The Kier molecular flexibility index (Phi) is 44.7. The smallest absolute Gasteiger partial charge is 0.305 e. The van der Waals surface area contributed by atoms with Crippen molar-refractivity contribution in [3.8, 4) is 0 Å². The Morgan fingerprint density at radius 1 is 0.365 bits per heavy atom. The number of aliphatic carboxylic acids is 1. The molecule has 0 aromatic carbocycles. The molecule has 0 amide bonds. The molecule has 0 aliphatic rings. The van der Waals surface area contributed by atoms with Crippen molar-refractivity contribution >= 4 is 11.9 Å². The van der Waals surface area contributed by atoms with Crippen LogP contribution in [0.1, 0.15) is 277 Å². The number of allylic oxidation sites excluding steroid dienone is 2. The average molecular weight is 733 g/mol. The van der Waals surface area contributed by atoms with E-state index in [1.807, 2.05) is 0 Å². The van der Waals surface area contributed by atoms with Crippen molar-refractivity contribution in [3.05, 3.63) is 12.2 Å². The number of unbranched alkanes of at least 4 members (excludes halogenated alkanes) is 37.